The molecule has 0 aromatic heterocycles. The van der Waals surface area contributed by atoms with Crippen molar-refractivity contribution in [1.82, 2.24) is 4.72 Å². The van der Waals surface area contributed by atoms with Crippen LogP contribution in [0.15, 0.2) is 18.2 Å². The van der Waals surface area contributed by atoms with Crippen molar-refractivity contribution in [3.63, 3.8) is 0 Å². The van der Waals surface area contributed by atoms with E-state index < -0.39 is 16.3 Å². The first-order valence-corrected chi connectivity index (χ1v) is 7.52. The number of benzene rings is 1. The van der Waals surface area contributed by atoms with Crippen LogP contribution in [0.1, 0.15) is 18.1 Å². The topological polar surface area (TPSA) is 111 Å². The number of carbonyl (C=O) groups excluding carboxylic acids is 1. The molecule has 0 unspecified atom stereocenters. The lowest BCUT2D eigenvalue weighted by atomic mass is 10.1. The lowest BCUT2D eigenvalue weighted by Crippen LogP contribution is -2.36. The van der Waals surface area contributed by atoms with Gasteiger partial charge >= 0.3 is 16.3 Å². The molecule has 0 saturated heterocycles. The monoisotopic (exact) mass is 317 g/mol. The Morgan fingerprint density at radius 3 is 2.65 bits per heavy atom. The highest BCUT2D eigenvalue weighted by atomic mass is 32.2. The van der Waals surface area contributed by atoms with E-state index in [-0.39, 0.29) is 17.3 Å². The number of thiocarbonyl (C=S) groups is 1. The second-order valence-electron chi connectivity index (χ2n) is 3.79. The molecule has 0 heterocycles. The third-order valence-corrected chi connectivity index (χ3v) is 3.38. The first-order valence-electron chi connectivity index (χ1n) is 5.63. The number of carbonyl (C=O) groups is 1. The number of nitrogens with one attached hydrogen (secondary N) is 2. The summed E-state index contributed by atoms with van der Waals surface area (Å²) in [6.45, 7) is 3.36. The summed E-state index contributed by atoms with van der Waals surface area (Å²) in [6.07, 6.45) is -1.07. The third kappa shape index (κ3) is 4.35. The van der Waals surface area contributed by atoms with E-state index in [9.17, 15) is 13.2 Å². The van der Waals surface area contributed by atoms with E-state index in [1.165, 1.54) is 6.07 Å². The lowest BCUT2D eigenvalue weighted by molar-refractivity contribution is 0.159. The molecular weight excluding hydrogens is 302 g/mol. The Balaban J connectivity index is 3.01. The van der Waals surface area contributed by atoms with Gasteiger partial charge in [-0.15, -0.1) is 0 Å². The van der Waals surface area contributed by atoms with Crippen LogP contribution in [0, 0.1) is 6.92 Å². The van der Waals surface area contributed by atoms with Crippen LogP contribution in [0.2, 0.25) is 0 Å². The van der Waals surface area contributed by atoms with Gasteiger partial charge in [0.2, 0.25) is 0 Å². The molecule has 4 N–H and O–H groups in total. The quantitative estimate of drug-likeness (QED) is 0.700. The summed E-state index contributed by atoms with van der Waals surface area (Å²) in [5.74, 6) is 0. The number of anilines is 1. The van der Waals surface area contributed by atoms with Crippen molar-refractivity contribution < 1.29 is 17.9 Å². The van der Waals surface area contributed by atoms with Gasteiger partial charge in [0.25, 0.3) is 0 Å². The van der Waals surface area contributed by atoms with Crippen molar-refractivity contribution in [2.45, 2.75) is 13.8 Å². The molecule has 0 atom stereocenters. The SMILES string of the molecule is CCOC(=O)NS(=O)(=O)Nc1cccc(C)c1C(N)=S. The van der Waals surface area contributed by atoms with E-state index in [0.29, 0.717) is 11.1 Å². The van der Waals surface area contributed by atoms with Gasteiger partial charge in [-0.25, -0.2) is 9.52 Å². The minimum atomic E-state index is -4.12. The second-order valence-corrected chi connectivity index (χ2v) is 5.64. The summed E-state index contributed by atoms with van der Waals surface area (Å²) in [5, 5.41) is 0. The van der Waals surface area contributed by atoms with E-state index in [4.69, 9.17) is 18.0 Å². The molecule has 0 radical (unpaired) electrons. The Bertz CT molecular complexity index is 629. The summed E-state index contributed by atoms with van der Waals surface area (Å²) in [4.78, 5) is 11.2. The molecule has 1 aromatic rings. The van der Waals surface area contributed by atoms with Gasteiger partial charge in [-0.05, 0) is 25.5 Å². The summed E-state index contributed by atoms with van der Waals surface area (Å²) >= 11 is 4.89. The molecule has 0 aliphatic rings. The molecule has 1 amide bonds. The van der Waals surface area contributed by atoms with Crippen LogP contribution in [-0.4, -0.2) is 26.1 Å². The molecule has 1 aromatic carbocycles. The zero-order chi connectivity index (χ0) is 15.3. The van der Waals surface area contributed by atoms with Crippen LogP contribution >= 0.6 is 12.2 Å². The fourth-order valence-electron chi connectivity index (χ4n) is 1.52. The molecule has 0 aliphatic heterocycles. The average Bonchev–Trinajstić information content (AvgIpc) is 2.26. The highest BCUT2D eigenvalue weighted by Crippen LogP contribution is 2.20. The Labute approximate surface area is 122 Å². The van der Waals surface area contributed by atoms with E-state index in [1.807, 2.05) is 0 Å². The van der Waals surface area contributed by atoms with Crippen LogP contribution in [0.25, 0.3) is 0 Å². The summed E-state index contributed by atoms with van der Waals surface area (Å²) in [6, 6.07) is 4.87. The number of ether oxygens (including phenoxy) is 1. The van der Waals surface area contributed by atoms with Gasteiger partial charge in [-0.1, -0.05) is 24.4 Å². The Kier molecular flexibility index (Phi) is 5.28. The molecule has 0 bridgehead atoms. The highest BCUT2D eigenvalue weighted by molar-refractivity contribution is 7.91. The minimum absolute atomic E-state index is 0.0527. The smallest absolute Gasteiger partial charge is 0.422 e. The van der Waals surface area contributed by atoms with Crippen molar-refractivity contribution in [2.75, 3.05) is 11.3 Å². The number of amides is 1. The minimum Gasteiger partial charge on any atom is -0.449 e. The van der Waals surface area contributed by atoms with E-state index in [2.05, 4.69) is 9.46 Å². The lowest BCUT2D eigenvalue weighted by Gasteiger charge is -2.14. The predicted molar refractivity (Wildman–Crippen MR) is 79.8 cm³/mol. The maximum Gasteiger partial charge on any atom is 0.422 e. The fourth-order valence-corrected chi connectivity index (χ4v) is 2.58. The van der Waals surface area contributed by atoms with Crippen LogP contribution in [0.5, 0.6) is 0 Å². The van der Waals surface area contributed by atoms with Gasteiger partial charge in [-0.2, -0.15) is 8.42 Å². The molecule has 0 aliphatic carbocycles. The normalized spacial score (nSPS) is 10.7. The third-order valence-electron chi connectivity index (χ3n) is 2.26. The molecule has 0 fully saturated rings. The molecule has 7 nitrogen and oxygen atoms in total. The average molecular weight is 317 g/mol. The van der Waals surface area contributed by atoms with Crippen molar-refractivity contribution in [3.8, 4) is 0 Å². The predicted octanol–water partition coefficient (Wildman–Crippen LogP) is 1.03. The zero-order valence-electron chi connectivity index (χ0n) is 11.0. The molecule has 110 valence electrons. The zero-order valence-corrected chi connectivity index (χ0v) is 12.6. The first-order chi connectivity index (χ1) is 9.26. The number of hydrogen-bond acceptors (Lipinski definition) is 5. The molecule has 0 saturated carbocycles. The Morgan fingerprint density at radius 1 is 1.45 bits per heavy atom. The number of aryl methyl sites for hydroxylation is 1. The summed E-state index contributed by atoms with van der Waals surface area (Å²) in [5.41, 5.74) is 6.87. The largest absolute Gasteiger partial charge is 0.449 e. The molecule has 1 rings (SSSR count). The van der Waals surface area contributed by atoms with Gasteiger partial charge in [-0.3, -0.25) is 4.72 Å². The van der Waals surface area contributed by atoms with Crippen LogP contribution < -0.4 is 15.2 Å². The first kappa shape index (κ1) is 16.2. The number of nitrogens with two attached hydrogens (primary N) is 1. The van der Waals surface area contributed by atoms with Crippen LogP contribution in [0.3, 0.4) is 0 Å². The highest BCUT2D eigenvalue weighted by Gasteiger charge is 2.18. The van der Waals surface area contributed by atoms with Crippen molar-refractivity contribution in [3.05, 3.63) is 29.3 Å². The molecule has 20 heavy (non-hydrogen) atoms. The van der Waals surface area contributed by atoms with Gasteiger partial charge in [0.1, 0.15) is 4.99 Å². The van der Waals surface area contributed by atoms with E-state index in [0.717, 1.165) is 0 Å². The van der Waals surface area contributed by atoms with Crippen molar-refractivity contribution in [1.29, 1.82) is 0 Å². The molecule has 9 heteroatoms. The summed E-state index contributed by atoms with van der Waals surface area (Å²) in [7, 11) is -4.12. The fraction of sp³-hybridized carbons (Fsp3) is 0.273. The Morgan fingerprint density at radius 2 is 2.10 bits per heavy atom. The van der Waals surface area contributed by atoms with Gasteiger partial charge in [0.05, 0.1) is 12.3 Å². The van der Waals surface area contributed by atoms with E-state index in [1.54, 1.807) is 30.7 Å². The summed E-state index contributed by atoms with van der Waals surface area (Å²) < 4.78 is 31.9. The van der Waals surface area contributed by atoms with Gasteiger partial charge < -0.3 is 10.5 Å². The molecule has 0 spiro atoms. The Hall–Kier alpha value is -1.87. The van der Waals surface area contributed by atoms with Crippen molar-refractivity contribution in [2.24, 2.45) is 5.73 Å². The number of rotatable bonds is 5. The number of hydrogen-bond donors (Lipinski definition) is 3. The van der Waals surface area contributed by atoms with Gasteiger partial charge in [0, 0.05) is 5.56 Å². The second kappa shape index (κ2) is 6.53. The maximum atomic E-state index is 11.8. The van der Waals surface area contributed by atoms with Crippen LogP contribution in [0.4, 0.5) is 10.5 Å². The maximum absolute atomic E-state index is 11.8. The standard InChI is InChI=1S/C11H15N3O4S2/c1-3-18-11(15)14-20(16,17)13-8-6-4-5-7(2)9(8)10(12)19/h4-6,13H,3H2,1-2H3,(H2,12,19)(H,14,15). The van der Waals surface area contributed by atoms with Gasteiger partial charge in [0.15, 0.2) is 0 Å². The van der Waals surface area contributed by atoms with Crippen molar-refractivity contribution >= 4 is 39.2 Å². The molecular formula is C11H15N3O4S2. The van der Waals surface area contributed by atoms with E-state index >= 15 is 0 Å². The van der Waals surface area contributed by atoms with Crippen LogP contribution in [-0.2, 0) is 14.9 Å².